The van der Waals surface area contributed by atoms with Gasteiger partial charge in [0.25, 0.3) is 0 Å². The van der Waals surface area contributed by atoms with Crippen molar-refractivity contribution in [1.29, 1.82) is 0 Å². The fraction of sp³-hybridized carbons (Fsp3) is 0.533. The Labute approximate surface area is 128 Å². The molecule has 1 aromatic carbocycles. The second kappa shape index (κ2) is 4.90. The molecule has 3 nitrogen and oxygen atoms in total. The molecule has 2 heterocycles. The molecular formula is C15H18Cl2N2O. The lowest BCUT2D eigenvalue weighted by Crippen LogP contribution is -2.38. The molecule has 3 rings (SSSR count). The first kappa shape index (κ1) is 14.2. The smallest absolute Gasteiger partial charge is 0.128 e. The summed E-state index contributed by atoms with van der Waals surface area (Å²) in [5.41, 5.74) is 1.83. The van der Waals surface area contributed by atoms with Gasteiger partial charge in [-0.05, 0) is 45.4 Å². The Balaban J connectivity index is 2.29. The van der Waals surface area contributed by atoms with Crippen molar-refractivity contribution in [3.05, 3.63) is 29.0 Å². The van der Waals surface area contributed by atoms with Crippen molar-refractivity contribution in [2.24, 2.45) is 0 Å². The first-order valence-electron chi connectivity index (χ1n) is 6.87. The molecular weight excluding hydrogens is 295 g/mol. The fourth-order valence-corrected chi connectivity index (χ4v) is 3.31. The summed E-state index contributed by atoms with van der Waals surface area (Å²) in [6.45, 7) is 7.03. The molecule has 2 aromatic rings. The highest BCUT2D eigenvalue weighted by atomic mass is 35.5. The maximum atomic E-state index is 6.35. The van der Waals surface area contributed by atoms with Crippen LogP contribution in [0.5, 0.6) is 0 Å². The number of benzene rings is 1. The molecule has 0 N–H and O–H groups in total. The molecule has 5 heteroatoms. The van der Waals surface area contributed by atoms with Crippen molar-refractivity contribution in [3.63, 3.8) is 0 Å². The predicted octanol–water partition coefficient (Wildman–Crippen LogP) is 4.51. The summed E-state index contributed by atoms with van der Waals surface area (Å²) in [4.78, 5) is 4.69. The Morgan fingerprint density at radius 2 is 2.25 bits per heavy atom. The third-order valence-electron chi connectivity index (χ3n) is 4.36. The maximum absolute atomic E-state index is 6.35. The zero-order valence-corrected chi connectivity index (χ0v) is 13.4. The van der Waals surface area contributed by atoms with E-state index in [1.54, 1.807) is 0 Å². The highest BCUT2D eigenvalue weighted by Crippen LogP contribution is 2.39. The largest absolute Gasteiger partial charge is 0.376 e. The van der Waals surface area contributed by atoms with Gasteiger partial charge in [-0.25, -0.2) is 4.98 Å². The zero-order chi connectivity index (χ0) is 14.5. The van der Waals surface area contributed by atoms with Gasteiger partial charge in [-0.1, -0.05) is 11.6 Å². The minimum atomic E-state index is -0.161. The Bertz CT molecular complexity index is 653. The Morgan fingerprint density at radius 3 is 2.85 bits per heavy atom. The van der Waals surface area contributed by atoms with Gasteiger partial charge in [-0.3, -0.25) is 0 Å². The molecule has 0 radical (unpaired) electrons. The molecule has 1 aliphatic heterocycles. The van der Waals surface area contributed by atoms with Crippen molar-refractivity contribution < 1.29 is 4.74 Å². The molecule has 1 saturated heterocycles. The number of fused-ring (bicyclic) bond motifs is 1. The van der Waals surface area contributed by atoms with Gasteiger partial charge in [-0.2, -0.15) is 0 Å². The van der Waals surface area contributed by atoms with Gasteiger partial charge in [0.2, 0.25) is 0 Å². The van der Waals surface area contributed by atoms with Gasteiger partial charge in [-0.15, -0.1) is 11.6 Å². The van der Waals surface area contributed by atoms with Crippen LogP contribution in [0.3, 0.4) is 0 Å². The summed E-state index contributed by atoms with van der Waals surface area (Å²) in [6, 6.07) is 5.80. The van der Waals surface area contributed by atoms with Gasteiger partial charge >= 0.3 is 0 Å². The van der Waals surface area contributed by atoms with Crippen LogP contribution < -0.4 is 0 Å². The van der Waals surface area contributed by atoms with Crippen molar-refractivity contribution in [2.45, 2.75) is 44.2 Å². The van der Waals surface area contributed by atoms with E-state index in [1.807, 2.05) is 25.1 Å². The Morgan fingerprint density at radius 1 is 1.50 bits per heavy atom. The number of hydrogen-bond donors (Lipinski definition) is 0. The minimum absolute atomic E-state index is 0.124. The third kappa shape index (κ3) is 2.03. The molecule has 0 spiro atoms. The highest BCUT2D eigenvalue weighted by Gasteiger charge is 2.41. The average Bonchev–Trinajstić information content (AvgIpc) is 2.91. The van der Waals surface area contributed by atoms with E-state index >= 15 is 0 Å². The van der Waals surface area contributed by atoms with Crippen molar-refractivity contribution in [3.8, 4) is 0 Å². The van der Waals surface area contributed by atoms with Gasteiger partial charge in [0.15, 0.2) is 0 Å². The van der Waals surface area contributed by atoms with E-state index in [-0.39, 0.29) is 17.0 Å². The molecule has 1 aromatic heterocycles. The standard InChI is InChI=1S/C15H18Cl2N2O/c1-9(16)14-18-12-8-11(17)4-5-13(12)19(14)15(3)6-7-20-10(15)2/h4-5,8-10H,6-7H2,1-3H3. The number of halogens is 2. The lowest BCUT2D eigenvalue weighted by Gasteiger charge is -2.32. The van der Waals surface area contributed by atoms with Crippen molar-refractivity contribution >= 4 is 34.2 Å². The maximum Gasteiger partial charge on any atom is 0.128 e. The number of nitrogens with zero attached hydrogens (tertiary/aromatic N) is 2. The summed E-state index contributed by atoms with van der Waals surface area (Å²) in [6.07, 6.45) is 1.09. The zero-order valence-electron chi connectivity index (χ0n) is 11.9. The Kier molecular flexibility index (Phi) is 3.47. The molecule has 1 aliphatic rings. The summed E-state index contributed by atoms with van der Waals surface area (Å²) in [5, 5.41) is 0.530. The van der Waals surface area contributed by atoms with Crippen molar-refractivity contribution in [2.75, 3.05) is 6.61 Å². The number of rotatable bonds is 2. The molecule has 0 bridgehead atoms. The average molecular weight is 313 g/mol. The van der Waals surface area contributed by atoms with Crippen LogP contribution in [0.2, 0.25) is 5.02 Å². The lowest BCUT2D eigenvalue weighted by molar-refractivity contribution is 0.0763. The molecule has 3 unspecified atom stereocenters. The van der Waals surface area contributed by atoms with E-state index in [2.05, 4.69) is 23.4 Å². The van der Waals surface area contributed by atoms with Crippen LogP contribution in [0.25, 0.3) is 11.0 Å². The number of imidazole rings is 1. The molecule has 0 saturated carbocycles. The number of hydrogen-bond acceptors (Lipinski definition) is 2. The monoisotopic (exact) mass is 312 g/mol. The van der Waals surface area contributed by atoms with E-state index in [4.69, 9.17) is 27.9 Å². The summed E-state index contributed by atoms with van der Waals surface area (Å²) in [5.74, 6) is 0.879. The van der Waals surface area contributed by atoms with E-state index in [9.17, 15) is 0 Å². The van der Waals surface area contributed by atoms with E-state index in [0.717, 1.165) is 29.9 Å². The fourth-order valence-electron chi connectivity index (χ4n) is 2.99. The molecule has 3 atom stereocenters. The van der Waals surface area contributed by atoms with Crippen LogP contribution in [-0.4, -0.2) is 22.3 Å². The summed E-state index contributed by atoms with van der Waals surface area (Å²) < 4.78 is 8.03. The van der Waals surface area contributed by atoms with E-state index < -0.39 is 0 Å². The van der Waals surface area contributed by atoms with Crippen LogP contribution in [0, 0.1) is 0 Å². The second-order valence-electron chi connectivity index (χ2n) is 5.67. The van der Waals surface area contributed by atoms with Gasteiger partial charge in [0.05, 0.1) is 28.1 Å². The number of ether oxygens (including phenoxy) is 1. The third-order valence-corrected chi connectivity index (χ3v) is 4.79. The van der Waals surface area contributed by atoms with Crippen LogP contribution in [0.1, 0.15) is 38.4 Å². The highest BCUT2D eigenvalue weighted by molar-refractivity contribution is 6.31. The first-order valence-corrected chi connectivity index (χ1v) is 7.69. The van der Waals surface area contributed by atoms with E-state index in [0.29, 0.717) is 5.02 Å². The van der Waals surface area contributed by atoms with E-state index in [1.165, 1.54) is 0 Å². The molecule has 0 amide bonds. The first-order chi connectivity index (χ1) is 9.43. The number of aromatic nitrogens is 2. The topological polar surface area (TPSA) is 27.1 Å². The SMILES string of the molecule is CC(Cl)c1nc2cc(Cl)ccc2n1C1(C)CCOC1C. The molecule has 1 fully saturated rings. The molecule has 0 aliphatic carbocycles. The van der Waals surface area contributed by atoms with Gasteiger partial charge < -0.3 is 9.30 Å². The molecule has 20 heavy (non-hydrogen) atoms. The van der Waals surface area contributed by atoms with Gasteiger partial charge in [0.1, 0.15) is 5.82 Å². The lowest BCUT2D eigenvalue weighted by atomic mass is 9.93. The molecule has 108 valence electrons. The normalized spacial score (nSPS) is 28.1. The minimum Gasteiger partial charge on any atom is -0.376 e. The summed E-state index contributed by atoms with van der Waals surface area (Å²) in [7, 11) is 0. The van der Waals surface area contributed by atoms with Crippen molar-refractivity contribution in [1.82, 2.24) is 9.55 Å². The van der Waals surface area contributed by atoms with Crippen LogP contribution in [0.4, 0.5) is 0 Å². The predicted molar refractivity (Wildman–Crippen MR) is 82.7 cm³/mol. The van der Waals surface area contributed by atoms with Crippen LogP contribution in [-0.2, 0) is 10.3 Å². The van der Waals surface area contributed by atoms with Crippen LogP contribution >= 0.6 is 23.2 Å². The van der Waals surface area contributed by atoms with Crippen LogP contribution in [0.15, 0.2) is 18.2 Å². The van der Waals surface area contributed by atoms with Gasteiger partial charge in [0, 0.05) is 11.6 Å². The summed E-state index contributed by atoms with van der Waals surface area (Å²) >= 11 is 12.4. The Hall–Kier alpha value is -0.770. The second-order valence-corrected chi connectivity index (χ2v) is 6.77. The number of alkyl halides is 1. The quantitative estimate of drug-likeness (QED) is 0.763.